The summed E-state index contributed by atoms with van der Waals surface area (Å²) in [5.74, 6) is 0.0394. The first kappa shape index (κ1) is 13.8. The van der Waals surface area contributed by atoms with Gasteiger partial charge in [-0.3, -0.25) is 4.79 Å². The van der Waals surface area contributed by atoms with Crippen molar-refractivity contribution >= 4 is 5.91 Å². The van der Waals surface area contributed by atoms with Crippen molar-refractivity contribution in [1.29, 1.82) is 0 Å². The average Bonchev–Trinajstić information content (AvgIpc) is 2.83. The van der Waals surface area contributed by atoms with E-state index in [9.17, 15) is 4.79 Å². The zero-order valence-electron chi connectivity index (χ0n) is 11.5. The Morgan fingerprint density at radius 1 is 1.44 bits per heavy atom. The number of hydrogen-bond donors (Lipinski definition) is 1. The van der Waals surface area contributed by atoms with Crippen LogP contribution in [-0.2, 0) is 14.3 Å². The van der Waals surface area contributed by atoms with Crippen LogP contribution in [0.2, 0.25) is 0 Å². The van der Waals surface area contributed by atoms with Crippen LogP contribution in [0.1, 0.15) is 46.0 Å². The number of ether oxygens (including phenoxy) is 2. The standard InChI is InChI=1S/C14H25NO3/c1-3-12(18-11-6-4-5-7-11)13(16)15-8-14(2)9-17-10-14/h11-12H,3-10H2,1-2H3,(H,15,16). The molecule has 1 saturated heterocycles. The molecule has 1 heterocycles. The topological polar surface area (TPSA) is 47.6 Å². The lowest BCUT2D eigenvalue weighted by Crippen LogP contribution is -2.50. The van der Waals surface area contributed by atoms with Crippen LogP contribution in [0, 0.1) is 5.41 Å². The first-order valence-electron chi connectivity index (χ1n) is 7.14. The van der Waals surface area contributed by atoms with Crippen molar-refractivity contribution in [1.82, 2.24) is 5.32 Å². The third kappa shape index (κ3) is 3.45. The van der Waals surface area contributed by atoms with Gasteiger partial charge in [0.15, 0.2) is 0 Å². The zero-order valence-corrected chi connectivity index (χ0v) is 11.5. The van der Waals surface area contributed by atoms with E-state index in [0.717, 1.165) is 32.5 Å². The molecule has 0 aromatic heterocycles. The number of carbonyl (C=O) groups is 1. The van der Waals surface area contributed by atoms with E-state index in [1.54, 1.807) is 0 Å². The number of nitrogens with one attached hydrogen (secondary N) is 1. The lowest BCUT2D eigenvalue weighted by Gasteiger charge is -2.38. The fourth-order valence-corrected chi connectivity index (χ4v) is 2.57. The Hall–Kier alpha value is -0.610. The molecule has 1 N–H and O–H groups in total. The Kier molecular flexibility index (Phi) is 4.62. The summed E-state index contributed by atoms with van der Waals surface area (Å²) in [6.45, 7) is 6.32. The van der Waals surface area contributed by atoms with Gasteiger partial charge in [0.2, 0.25) is 5.91 Å². The van der Waals surface area contributed by atoms with Crippen LogP contribution in [-0.4, -0.2) is 37.9 Å². The van der Waals surface area contributed by atoms with E-state index >= 15 is 0 Å². The molecule has 104 valence electrons. The highest BCUT2D eigenvalue weighted by Gasteiger charge is 2.34. The Morgan fingerprint density at radius 2 is 2.11 bits per heavy atom. The zero-order chi connectivity index (χ0) is 13.0. The summed E-state index contributed by atoms with van der Waals surface area (Å²) in [6, 6.07) is 0. The first-order chi connectivity index (χ1) is 8.63. The van der Waals surface area contributed by atoms with Gasteiger partial charge < -0.3 is 14.8 Å². The number of amides is 1. The fourth-order valence-electron chi connectivity index (χ4n) is 2.57. The summed E-state index contributed by atoms with van der Waals surface area (Å²) in [6.07, 6.45) is 5.44. The summed E-state index contributed by atoms with van der Waals surface area (Å²) in [5.41, 5.74) is 0.126. The van der Waals surface area contributed by atoms with E-state index in [4.69, 9.17) is 9.47 Å². The second-order valence-electron chi connectivity index (χ2n) is 5.96. The summed E-state index contributed by atoms with van der Waals surface area (Å²) in [4.78, 5) is 12.1. The van der Waals surface area contributed by atoms with E-state index in [-0.39, 0.29) is 17.4 Å². The highest BCUT2D eigenvalue weighted by molar-refractivity contribution is 5.80. The molecule has 1 unspecified atom stereocenters. The summed E-state index contributed by atoms with van der Waals surface area (Å²) in [7, 11) is 0. The van der Waals surface area contributed by atoms with Gasteiger partial charge in [0, 0.05) is 12.0 Å². The maximum atomic E-state index is 12.1. The van der Waals surface area contributed by atoms with Crippen LogP contribution < -0.4 is 5.32 Å². The summed E-state index contributed by atoms with van der Waals surface area (Å²) >= 11 is 0. The van der Waals surface area contributed by atoms with Crippen LogP contribution in [0.25, 0.3) is 0 Å². The molecular weight excluding hydrogens is 230 g/mol. The second kappa shape index (κ2) is 6.02. The summed E-state index contributed by atoms with van der Waals surface area (Å²) in [5, 5.41) is 3.01. The van der Waals surface area contributed by atoms with Crippen molar-refractivity contribution < 1.29 is 14.3 Å². The molecular formula is C14H25NO3. The molecule has 2 fully saturated rings. The predicted molar refractivity (Wildman–Crippen MR) is 69.4 cm³/mol. The molecule has 1 aliphatic heterocycles. The monoisotopic (exact) mass is 255 g/mol. The minimum Gasteiger partial charge on any atom is -0.380 e. The molecule has 0 aromatic rings. The molecule has 1 atom stereocenters. The van der Waals surface area contributed by atoms with Crippen LogP contribution in [0.3, 0.4) is 0 Å². The molecule has 0 spiro atoms. The fraction of sp³-hybridized carbons (Fsp3) is 0.929. The quantitative estimate of drug-likeness (QED) is 0.788. The van der Waals surface area contributed by atoms with Gasteiger partial charge in [-0.1, -0.05) is 26.7 Å². The van der Waals surface area contributed by atoms with Gasteiger partial charge in [-0.25, -0.2) is 0 Å². The van der Waals surface area contributed by atoms with Gasteiger partial charge in [0.05, 0.1) is 19.3 Å². The maximum Gasteiger partial charge on any atom is 0.249 e. The minimum absolute atomic E-state index is 0.0394. The smallest absolute Gasteiger partial charge is 0.249 e. The third-order valence-electron chi connectivity index (χ3n) is 3.91. The normalized spacial score (nSPS) is 24.6. The van der Waals surface area contributed by atoms with E-state index in [2.05, 4.69) is 12.2 Å². The Balaban J connectivity index is 1.73. The van der Waals surface area contributed by atoms with Crippen molar-refractivity contribution in [3.05, 3.63) is 0 Å². The summed E-state index contributed by atoms with van der Waals surface area (Å²) < 4.78 is 11.1. The van der Waals surface area contributed by atoms with Gasteiger partial charge in [-0.05, 0) is 19.3 Å². The number of hydrogen-bond acceptors (Lipinski definition) is 3. The molecule has 1 amide bonds. The SMILES string of the molecule is CCC(OC1CCCC1)C(=O)NCC1(C)COC1. The highest BCUT2D eigenvalue weighted by Crippen LogP contribution is 2.26. The lowest BCUT2D eigenvalue weighted by atomic mass is 9.88. The molecule has 2 rings (SSSR count). The molecule has 0 radical (unpaired) electrons. The van der Waals surface area contributed by atoms with Crippen LogP contribution in [0.4, 0.5) is 0 Å². The second-order valence-corrected chi connectivity index (χ2v) is 5.96. The van der Waals surface area contributed by atoms with Gasteiger partial charge in [-0.15, -0.1) is 0 Å². The van der Waals surface area contributed by atoms with Gasteiger partial charge in [0.1, 0.15) is 6.10 Å². The highest BCUT2D eigenvalue weighted by atomic mass is 16.5. The van der Waals surface area contributed by atoms with Crippen molar-refractivity contribution in [3.8, 4) is 0 Å². The Morgan fingerprint density at radius 3 is 2.61 bits per heavy atom. The third-order valence-corrected chi connectivity index (χ3v) is 3.91. The Bertz CT molecular complexity index is 283. The molecule has 2 aliphatic rings. The van der Waals surface area contributed by atoms with Crippen molar-refractivity contribution in [3.63, 3.8) is 0 Å². The van der Waals surface area contributed by atoms with Gasteiger partial charge in [0.25, 0.3) is 0 Å². The average molecular weight is 255 g/mol. The van der Waals surface area contributed by atoms with E-state index in [1.165, 1.54) is 12.8 Å². The molecule has 0 bridgehead atoms. The molecule has 4 heteroatoms. The molecule has 1 aliphatic carbocycles. The first-order valence-corrected chi connectivity index (χ1v) is 7.14. The molecule has 4 nitrogen and oxygen atoms in total. The number of carbonyl (C=O) groups excluding carboxylic acids is 1. The van der Waals surface area contributed by atoms with E-state index < -0.39 is 0 Å². The van der Waals surface area contributed by atoms with Crippen LogP contribution in [0.15, 0.2) is 0 Å². The van der Waals surface area contributed by atoms with Crippen LogP contribution >= 0.6 is 0 Å². The van der Waals surface area contributed by atoms with Crippen molar-refractivity contribution in [2.75, 3.05) is 19.8 Å². The van der Waals surface area contributed by atoms with E-state index in [0.29, 0.717) is 12.6 Å². The molecule has 0 aromatic carbocycles. The molecule has 1 saturated carbocycles. The van der Waals surface area contributed by atoms with Gasteiger partial charge in [-0.2, -0.15) is 0 Å². The van der Waals surface area contributed by atoms with E-state index in [1.807, 2.05) is 6.92 Å². The number of rotatable bonds is 6. The lowest BCUT2D eigenvalue weighted by molar-refractivity contribution is -0.141. The van der Waals surface area contributed by atoms with Crippen molar-refractivity contribution in [2.45, 2.75) is 58.2 Å². The largest absolute Gasteiger partial charge is 0.380 e. The molecule has 18 heavy (non-hydrogen) atoms. The van der Waals surface area contributed by atoms with Crippen LogP contribution in [0.5, 0.6) is 0 Å². The Labute approximate surface area is 109 Å². The van der Waals surface area contributed by atoms with Crippen molar-refractivity contribution in [2.24, 2.45) is 5.41 Å². The minimum atomic E-state index is -0.280. The predicted octanol–water partition coefficient (Wildman–Crippen LogP) is 1.88. The van der Waals surface area contributed by atoms with Gasteiger partial charge >= 0.3 is 0 Å². The maximum absolute atomic E-state index is 12.1.